The molecule has 0 saturated carbocycles. The molecular formula is C17H14N2. The van der Waals surface area contributed by atoms with Gasteiger partial charge in [-0.15, -0.1) is 0 Å². The summed E-state index contributed by atoms with van der Waals surface area (Å²) in [6, 6.07) is 23.7. The summed E-state index contributed by atoms with van der Waals surface area (Å²) in [7, 11) is 0. The van der Waals surface area contributed by atoms with E-state index in [1.807, 2.05) is 0 Å². The molecule has 2 heteroatoms. The molecule has 0 aromatic heterocycles. The minimum atomic E-state index is 0.223. The molecule has 0 aliphatic carbocycles. The van der Waals surface area contributed by atoms with Crippen LogP contribution in [0.3, 0.4) is 0 Å². The molecule has 0 radical (unpaired) electrons. The first-order chi connectivity index (χ1) is 9.42. The van der Waals surface area contributed by atoms with Crippen LogP contribution in [0.15, 0.2) is 66.7 Å². The molecule has 1 atom stereocenters. The molecule has 19 heavy (non-hydrogen) atoms. The standard InChI is InChI=1S/C17H14N2/c1-2-6-13-11-14(10-9-12(13)5-1)17-15-7-3-4-8-16(15)18-19-17/h1-11,17-19H. The van der Waals surface area contributed by atoms with E-state index in [-0.39, 0.29) is 6.04 Å². The lowest BCUT2D eigenvalue weighted by atomic mass is 9.97. The van der Waals surface area contributed by atoms with Crippen LogP contribution in [0, 0.1) is 0 Å². The monoisotopic (exact) mass is 246 g/mol. The summed E-state index contributed by atoms with van der Waals surface area (Å²) in [4.78, 5) is 0. The van der Waals surface area contributed by atoms with Crippen molar-refractivity contribution < 1.29 is 0 Å². The van der Waals surface area contributed by atoms with Gasteiger partial charge >= 0.3 is 0 Å². The van der Waals surface area contributed by atoms with Gasteiger partial charge in [0.2, 0.25) is 0 Å². The molecule has 1 aliphatic rings. The molecule has 0 fully saturated rings. The van der Waals surface area contributed by atoms with Crippen molar-refractivity contribution in [3.05, 3.63) is 77.9 Å². The fourth-order valence-electron chi connectivity index (χ4n) is 2.74. The second-order valence-electron chi connectivity index (χ2n) is 4.90. The van der Waals surface area contributed by atoms with Gasteiger partial charge in [0.05, 0.1) is 11.7 Å². The maximum atomic E-state index is 3.35. The third-order valence-corrected chi connectivity index (χ3v) is 3.73. The van der Waals surface area contributed by atoms with E-state index in [0.29, 0.717) is 0 Å². The average Bonchev–Trinajstić information content (AvgIpc) is 2.91. The number of para-hydroxylation sites is 1. The molecule has 1 aliphatic heterocycles. The summed E-state index contributed by atoms with van der Waals surface area (Å²) in [5, 5.41) is 2.57. The van der Waals surface area contributed by atoms with Crippen LogP contribution < -0.4 is 10.9 Å². The highest BCUT2D eigenvalue weighted by atomic mass is 15.4. The second kappa shape index (κ2) is 4.11. The van der Waals surface area contributed by atoms with Gasteiger partial charge in [0.25, 0.3) is 0 Å². The first kappa shape index (κ1) is 10.6. The zero-order valence-corrected chi connectivity index (χ0v) is 10.4. The van der Waals surface area contributed by atoms with Crippen molar-refractivity contribution in [3.63, 3.8) is 0 Å². The van der Waals surface area contributed by atoms with Crippen molar-refractivity contribution in [3.8, 4) is 0 Å². The van der Waals surface area contributed by atoms with Gasteiger partial charge in [0.1, 0.15) is 0 Å². The first-order valence-corrected chi connectivity index (χ1v) is 6.51. The van der Waals surface area contributed by atoms with Crippen LogP contribution in [-0.2, 0) is 0 Å². The van der Waals surface area contributed by atoms with Gasteiger partial charge in [-0.2, -0.15) is 0 Å². The van der Waals surface area contributed by atoms with Crippen LogP contribution >= 0.6 is 0 Å². The zero-order valence-electron chi connectivity index (χ0n) is 10.4. The molecule has 1 unspecified atom stereocenters. The molecule has 3 aromatic rings. The summed E-state index contributed by atoms with van der Waals surface area (Å²) in [5.74, 6) is 0. The predicted octanol–water partition coefficient (Wildman–Crippen LogP) is 3.86. The Morgan fingerprint density at radius 3 is 2.47 bits per heavy atom. The van der Waals surface area contributed by atoms with E-state index >= 15 is 0 Å². The minimum absolute atomic E-state index is 0.223. The molecular weight excluding hydrogens is 232 g/mol. The summed E-state index contributed by atoms with van der Waals surface area (Å²) in [5.41, 5.74) is 10.4. The predicted molar refractivity (Wildman–Crippen MR) is 79.0 cm³/mol. The third-order valence-electron chi connectivity index (χ3n) is 3.73. The SMILES string of the molecule is c1ccc2c(c1)NNC2c1ccc2ccccc2c1. The molecule has 4 rings (SSSR count). The molecule has 0 spiro atoms. The van der Waals surface area contributed by atoms with Crippen LogP contribution in [0.2, 0.25) is 0 Å². The van der Waals surface area contributed by atoms with E-state index in [0.717, 1.165) is 0 Å². The number of anilines is 1. The Morgan fingerprint density at radius 1 is 0.737 bits per heavy atom. The lowest BCUT2D eigenvalue weighted by molar-refractivity contribution is 0.729. The van der Waals surface area contributed by atoms with Crippen molar-refractivity contribution in [1.29, 1.82) is 0 Å². The van der Waals surface area contributed by atoms with E-state index in [1.54, 1.807) is 0 Å². The summed E-state index contributed by atoms with van der Waals surface area (Å²) < 4.78 is 0. The van der Waals surface area contributed by atoms with Crippen molar-refractivity contribution >= 4 is 16.5 Å². The van der Waals surface area contributed by atoms with Crippen molar-refractivity contribution in [2.45, 2.75) is 6.04 Å². The molecule has 2 N–H and O–H groups in total. The van der Waals surface area contributed by atoms with Crippen molar-refractivity contribution in [1.82, 2.24) is 5.43 Å². The van der Waals surface area contributed by atoms with Gasteiger partial charge in [-0.3, -0.25) is 0 Å². The van der Waals surface area contributed by atoms with Crippen LogP contribution in [0.25, 0.3) is 10.8 Å². The van der Waals surface area contributed by atoms with E-state index in [9.17, 15) is 0 Å². The fraction of sp³-hybridized carbons (Fsp3) is 0.0588. The maximum Gasteiger partial charge on any atom is 0.0780 e. The Kier molecular flexibility index (Phi) is 2.29. The lowest BCUT2D eigenvalue weighted by Crippen LogP contribution is -2.19. The molecule has 0 bridgehead atoms. The summed E-state index contributed by atoms with van der Waals surface area (Å²) in [6.07, 6.45) is 0. The van der Waals surface area contributed by atoms with E-state index in [4.69, 9.17) is 0 Å². The Morgan fingerprint density at radius 2 is 1.53 bits per heavy atom. The van der Waals surface area contributed by atoms with Crippen molar-refractivity contribution in [2.75, 3.05) is 5.43 Å². The van der Waals surface area contributed by atoms with Crippen LogP contribution in [0.4, 0.5) is 5.69 Å². The summed E-state index contributed by atoms with van der Waals surface area (Å²) in [6.45, 7) is 0. The maximum absolute atomic E-state index is 3.35. The molecule has 2 nitrogen and oxygen atoms in total. The van der Waals surface area contributed by atoms with E-state index in [2.05, 4.69) is 77.6 Å². The van der Waals surface area contributed by atoms with Gasteiger partial charge in [0.15, 0.2) is 0 Å². The highest BCUT2D eigenvalue weighted by Gasteiger charge is 2.22. The van der Waals surface area contributed by atoms with Gasteiger partial charge in [-0.25, -0.2) is 5.43 Å². The fourth-order valence-corrected chi connectivity index (χ4v) is 2.74. The van der Waals surface area contributed by atoms with Crippen LogP contribution in [0.1, 0.15) is 17.2 Å². The molecule has 0 saturated heterocycles. The highest BCUT2D eigenvalue weighted by Crippen LogP contribution is 2.33. The number of fused-ring (bicyclic) bond motifs is 2. The Bertz CT molecular complexity index is 749. The van der Waals surface area contributed by atoms with Gasteiger partial charge in [-0.1, -0.05) is 54.6 Å². The Hall–Kier alpha value is -2.32. The number of rotatable bonds is 1. The number of nitrogens with one attached hydrogen (secondary N) is 2. The van der Waals surface area contributed by atoms with Crippen LogP contribution in [-0.4, -0.2) is 0 Å². The average molecular weight is 246 g/mol. The normalized spacial score (nSPS) is 17.2. The van der Waals surface area contributed by atoms with Crippen molar-refractivity contribution in [2.24, 2.45) is 0 Å². The Labute approximate surface area is 112 Å². The molecule has 3 aromatic carbocycles. The minimum Gasteiger partial charge on any atom is -0.320 e. The quantitative estimate of drug-likeness (QED) is 0.681. The van der Waals surface area contributed by atoms with Gasteiger partial charge < -0.3 is 5.43 Å². The van der Waals surface area contributed by atoms with Gasteiger partial charge in [-0.05, 0) is 34.0 Å². The molecule has 1 heterocycles. The summed E-state index contributed by atoms with van der Waals surface area (Å²) >= 11 is 0. The second-order valence-corrected chi connectivity index (χ2v) is 4.90. The zero-order chi connectivity index (χ0) is 12.7. The Balaban J connectivity index is 1.83. The van der Waals surface area contributed by atoms with Gasteiger partial charge in [0, 0.05) is 0 Å². The number of hydrazine groups is 1. The first-order valence-electron chi connectivity index (χ1n) is 6.51. The van der Waals surface area contributed by atoms with E-state index < -0.39 is 0 Å². The number of hydrogen-bond donors (Lipinski definition) is 2. The highest BCUT2D eigenvalue weighted by molar-refractivity contribution is 5.83. The smallest absolute Gasteiger partial charge is 0.0780 e. The number of benzene rings is 3. The van der Waals surface area contributed by atoms with E-state index in [1.165, 1.54) is 27.6 Å². The largest absolute Gasteiger partial charge is 0.320 e. The molecule has 0 amide bonds. The molecule has 92 valence electrons. The third kappa shape index (κ3) is 1.69. The van der Waals surface area contributed by atoms with Crippen LogP contribution in [0.5, 0.6) is 0 Å². The topological polar surface area (TPSA) is 24.1 Å². The lowest BCUT2D eigenvalue weighted by Gasteiger charge is -2.12. The number of hydrogen-bond acceptors (Lipinski definition) is 2.